The van der Waals surface area contributed by atoms with Crippen molar-refractivity contribution in [2.75, 3.05) is 13.2 Å². The molecule has 5 heteroatoms. The Morgan fingerprint density at radius 1 is 1.44 bits per heavy atom. The van der Waals surface area contributed by atoms with Gasteiger partial charge in [-0.15, -0.1) is 0 Å². The molecule has 2 rings (SSSR count). The zero-order valence-electron chi connectivity index (χ0n) is 8.41. The molecule has 0 atom stereocenters. The number of carbonyl (C=O) groups excluding carboxylic acids is 1. The van der Waals surface area contributed by atoms with Crippen molar-refractivity contribution in [1.29, 1.82) is 0 Å². The second kappa shape index (κ2) is 4.91. The van der Waals surface area contributed by atoms with Crippen LogP contribution in [0.15, 0.2) is 18.2 Å². The van der Waals surface area contributed by atoms with E-state index in [2.05, 4.69) is 0 Å². The summed E-state index contributed by atoms with van der Waals surface area (Å²) in [4.78, 5) is 11.8. The molecule has 0 aliphatic carbocycles. The fourth-order valence-corrected chi connectivity index (χ4v) is 1.81. The Morgan fingerprint density at radius 2 is 2.12 bits per heavy atom. The second-order valence-electron chi connectivity index (χ2n) is 3.40. The van der Waals surface area contributed by atoms with E-state index >= 15 is 0 Å². The molecule has 0 aromatic heterocycles. The average Bonchev–Trinajstić information content (AvgIpc) is 2.70. The number of ether oxygens (including phenoxy) is 2. The van der Waals surface area contributed by atoms with Crippen LogP contribution in [0.2, 0.25) is 5.02 Å². The minimum Gasteiger partial charge on any atom is -0.350 e. The lowest BCUT2D eigenvalue weighted by molar-refractivity contribution is -0.0408. The standard InChI is InChI=1S/C11H10ClFO3/c12-7-2-1-3-8(13)11(7)9(14)6-10-15-4-5-16-10/h1-3,10H,4-6H2. The molecule has 1 aromatic rings. The Labute approximate surface area is 97.1 Å². The topological polar surface area (TPSA) is 35.5 Å². The van der Waals surface area contributed by atoms with Gasteiger partial charge in [0.1, 0.15) is 5.82 Å². The summed E-state index contributed by atoms with van der Waals surface area (Å²) in [5, 5.41) is 0.114. The number of halogens is 2. The Kier molecular flexibility index (Phi) is 3.53. The van der Waals surface area contributed by atoms with Gasteiger partial charge in [0.2, 0.25) is 0 Å². The molecule has 0 radical (unpaired) electrons. The lowest BCUT2D eigenvalue weighted by atomic mass is 10.1. The first-order valence-corrected chi connectivity index (χ1v) is 5.26. The third-order valence-electron chi connectivity index (χ3n) is 2.28. The number of hydrogen-bond acceptors (Lipinski definition) is 3. The molecule has 16 heavy (non-hydrogen) atoms. The first kappa shape index (κ1) is 11.5. The predicted molar refractivity (Wildman–Crippen MR) is 56.0 cm³/mol. The second-order valence-corrected chi connectivity index (χ2v) is 3.80. The number of hydrogen-bond donors (Lipinski definition) is 0. The van der Waals surface area contributed by atoms with Crippen LogP contribution in [0.25, 0.3) is 0 Å². The number of Topliss-reactive ketones (excluding diaryl/α,β-unsaturated/α-hetero) is 1. The largest absolute Gasteiger partial charge is 0.350 e. The van der Waals surface area contributed by atoms with Gasteiger partial charge in [-0.1, -0.05) is 17.7 Å². The van der Waals surface area contributed by atoms with Crippen LogP contribution in [0, 0.1) is 5.82 Å². The van der Waals surface area contributed by atoms with Crippen LogP contribution in [0.1, 0.15) is 16.8 Å². The molecule has 1 heterocycles. The molecule has 1 saturated heterocycles. The van der Waals surface area contributed by atoms with Gasteiger partial charge < -0.3 is 9.47 Å². The number of ketones is 1. The first-order chi connectivity index (χ1) is 7.68. The maximum absolute atomic E-state index is 13.4. The summed E-state index contributed by atoms with van der Waals surface area (Å²) in [5.41, 5.74) is -0.0942. The third-order valence-corrected chi connectivity index (χ3v) is 2.60. The zero-order chi connectivity index (χ0) is 11.5. The normalized spacial score (nSPS) is 16.6. The lowest BCUT2D eigenvalue weighted by Crippen LogP contribution is -2.15. The highest BCUT2D eigenvalue weighted by Crippen LogP contribution is 2.22. The average molecular weight is 245 g/mol. The Morgan fingerprint density at radius 3 is 2.75 bits per heavy atom. The van der Waals surface area contributed by atoms with Crippen LogP contribution in [0.4, 0.5) is 4.39 Å². The molecular weight excluding hydrogens is 235 g/mol. The monoisotopic (exact) mass is 244 g/mol. The summed E-state index contributed by atoms with van der Waals surface area (Å²) < 4.78 is 23.6. The Bertz CT molecular complexity index is 382. The predicted octanol–water partition coefficient (Wildman–Crippen LogP) is 2.42. The Balaban J connectivity index is 2.13. The minimum absolute atomic E-state index is 0.0132. The van der Waals surface area contributed by atoms with E-state index in [1.54, 1.807) is 0 Å². The molecule has 0 spiro atoms. The third kappa shape index (κ3) is 2.40. The summed E-state index contributed by atoms with van der Waals surface area (Å²) in [7, 11) is 0. The summed E-state index contributed by atoms with van der Waals surface area (Å²) in [6.07, 6.45) is -0.594. The van der Waals surface area contributed by atoms with Crippen molar-refractivity contribution in [3.05, 3.63) is 34.6 Å². The van der Waals surface area contributed by atoms with Crippen molar-refractivity contribution in [3.63, 3.8) is 0 Å². The van der Waals surface area contributed by atoms with Gasteiger partial charge in [0.05, 0.1) is 30.2 Å². The van der Waals surface area contributed by atoms with Crippen molar-refractivity contribution < 1.29 is 18.7 Å². The molecule has 1 aromatic carbocycles. The maximum atomic E-state index is 13.4. The highest BCUT2D eigenvalue weighted by atomic mass is 35.5. The molecule has 3 nitrogen and oxygen atoms in total. The van der Waals surface area contributed by atoms with Crippen LogP contribution in [-0.4, -0.2) is 25.3 Å². The molecule has 86 valence electrons. The fraction of sp³-hybridized carbons (Fsp3) is 0.364. The molecule has 0 amide bonds. The summed E-state index contributed by atoms with van der Waals surface area (Å²) in [6, 6.07) is 4.14. The van der Waals surface area contributed by atoms with Gasteiger partial charge in [0, 0.05) is 0 Å². The van der Waals surface area contributed by atoms with Crippen molar-refractivity contribution in [2.45, 2.75) is 12.7 Å². The van der Waals surface area contributed by atoms with E-state index < -0.39 is 17.9 Å². The molecule has 0 saturated carbocycles. The van der Waals surface area contributed by atoms with Gasteiger partial charge in [-0.05, 0) is 12.1 Å². The molecule has 0 unspecified atom stereocenters. The molecule has 1 aliphatic rings. The molecule has 0 N–H and O–H groups in total. The molecule has 0 bridgehead atoms. The van der Waals surface area contributed by atoms with Gasteiger partial charge in [-0.2, -0.15) is 0 Å². The van der Waals surface area contributed by atoms with Crippen LogP contribution in [0.5, 0.6) is 0 Å². The zero-order valence-corrected chi connectivity index (χ0v) is 9.17. The van der Waals surface area contributed by atoms with Crippen molar-refractivity contribution in [2.24, 2.45) is 0 Å². The quantitative estimate of drug-likeness (QED) is 0.766. The van der Waals surface area contributed by atoms with Crippen molar-refractivity contribution in [1.82, 2.24) is 0 Å². The van der Waals surface area contributed by atoms with Gasteiger partial charge >= 0.3 is 0 Å². The summed E-state index contributed by atoms with van der Waals surface area (Å²) in [5.74, 6) is -1.02. The number of rotatable bonds is 3. The van der Waals surface area contributed by atoms with Crippen molar-refractivity contribution in [3.8, 4) is 0 Å². The first-order valence-electron chi connectivity index (χ1n) is 4.89. The number of benzene rings is 1. The van der Waals surface area contributed by atoms with Crippen molar-refractivity contribution >= 4 is 17.4 Å². The molecule has 1 aliphatic heterocycles. The minimum atomic E-state index is -0.615. The maximum Gasteiger partial charge on any atom is 0.172 e. The molecular formula is C11H10ClFO3. The molecule has 1 fully saturated rings. The van der Waals surface area contributed by atoms with Gasteiger partial charge in [0.25, 0.3) is 0 Å². The van der Waals surface area contributed by atoms with E-state index in [9.17, 15) is 9.18 Å². The van der Waals surface area contributed by atoms with E-state index in [-0.39, 0.29) is 17.0 Å². The van der Waals surface area contributed by atoms with E-state index in [1.165, 1.54) is 18.2 Å². The number of carbonyl (C=O) groups is 1. The highest BCUT2D eigenvalue weighted by Gasteiger charge is 2.23. The van der Waals surface area contributed by atoms with Gasteiger partial charge in [0.15, 0.2) is 12.1 Å². The van der Waals surface area contributed by atoms with Crippen LogP contribution < -0.4 is 0 Å². The van der Waals surface area contributed by atoms with E-state index in [0.717, 1.165) is 0 Å². The Hall–Kier alpha value is -0.970. The lowest BCUT2D eigenvalue weighted by Gasteiger charge is -2.09. The highest BCUT2D eigenvalue weighted by molar-refractivity contribution is 6.34. The van der Waals surface area contributed by atoms with E-state index in [4.69, 9.17) is 21.1 Å². The van der Waals surface area contributed by atoms with Crippen LogP contribution in [0.3, 0.4) is 0 Å². The van der Waals surface area contributed by atoms with Gasteiger partial charge in [-0.3, -0.25) is 4.79 Å². The fourth-order valence-electron chi connectivity index (χ4n) is 1.54. The van der Waals surface area contributed by atoms with E-state index in [0.29, 0.717) is 13.2 Å². The van der Waals surface area contributed by atoms with E-state index in [1.807, 2.05) is 0 Å². The summed E-state index contributed by atoms with van der Waals surface area (Å²) >= 11 is 5.77. The SMILES string of the molecule is O=C(CC1OCCO1)c1c(F)cccc1Cl. The smallest absolute Gasteiger partial charge is 0.172 e. The summed E-state index contributed by atoms with van der Waals surface area (Å²) in [6.45, 7) is 0.923. The van der Waals surface area contributed by atoms with Crippen LogP contribution >= 0.6 is 11.6 Å². The van der Waals surface area contributed by atoms with Crippen LogP contribution in [-0.2, 0) is 9.47 Å². The van der Waals surface area contributed by atoms with Gasteiger partial charge in [-0.25, -0.2) is 4.39 Å².